The lowest BCUT2D eigenvalue weighted by Crippen LogP contribution is -2.68. The van der Waals surface area contributed by atoms with E-state index in [2.05, 4.69) is 17.9 Å². The van der Waals surface area contributed by atoms with Gasteiger partial charge in [-0.25, -0.2) is 0 Å². The minimum absolute atomic E-state index is 0.0682. The van der Waals surface area contributed by atoms with Crippen LogP contribution in [-0.4, -0.2) is 36.6 Å². The molecule has 3 heteroatoms. The zero-order valence-corrected chi connectivity index (χ0v) is 15.5. The molecule has 0 N–H and O–H groups in total. The summed E-state index contributed by atoms with van der Waals surface area (Å²) in [6, 6.07) is 0.687. The van der Waals surface area contributed by atoms with Crippen LogP contribution in [0.4, 0.5) is 0 Å². The van der Waals surface area contributed by atoms with Crippen LogP contribution >= 0.6 is 0 Å². The van der Waals surface area contributed by atoms with Gasteiger partial charge in [-0.2, -0.15) is 0 Å². The molecule has 3 aliphatic carbocycles. The van der Waals surface area contributed by atoms with Gasteiger partial charge in [0, 0.05) is 36.4 Å². The molecule has 6 aliphatic rings. The van der Waals surface area contributed by atoms with Crippen molar-refractivity contribution in [3.8, 4) is 0 Å². The van der Waals surface area contributed by atoms with Gasteiger partial charge in [-0.3, -0.25) is 9.69 Å². The van der Waals surface area contributed by atoms with E-state index >= 15 is 0 Å². The van der Waals surface area contributed by atoms with E-state index in [1.54, 1.807) is 5.57 Å². The minimum Gasteiger partial charge on any atom is -0.465 e. The molecule has 0 aromatic heterocycles. The topological polar surface area (TPSA) is 29.5 Å². The molecule has 3 aliphatic heterocycles. The lowest BCUT2D eigenvalue weighted by Gasteiger charge is -2.66. The number of piperidine rings is 1. The summed E-state index contributed by atoms with van der Waals surface area (Å²) in [6.45, 7) is 5.76. The number of carbonyl (C=O) groups is 1. The molecular weight excluding hydrogens is 310 g/mol. The third kappa shape index (κ3) is 1.66. The summed E-state index contributed by atoms with van der Waals surface area (Å²) in [5, 5.41) is 0. The van der Waals surface area contributed by atoms with Crippen molar-refractivity contribution in [3.05, 3.63) is 11.6 Å². The Balaban J connectivity index is 1.62. The summed E-state index contributed by atoms with van der Waals surface area (Å²) < 4.78 is 5.92. The molecule has 0 aromatic carbocycles. The maximum Gasteiger partial charge on any atom is 0.305 e. The fraction of sp³-hybridized carbons (Fsp3) is 0.864. The molecule has 7 atom stereocenters. The molecule has 2 saturated carbocycles. The summed E-state index contributed by atoms with van der Waals surface area (Å²) in [5.74, 6) is 3.25. The fourth-order valence-electron chi connectivity index (χ4n) is 8.75. The highest BCUT2D eigenvalue weighted by molar-refractivity contribution is 5.70. The Morgan fingerprint density at radius 1 is 1.16 bits per heavy atom. The predicted molar refractivity (Wildman–Crippen MR) is 95.8 cm³/mol. The lowest BCUT2D eigenvalue weighted by atomic mass is 9.42. The van der Waals surface area contributed by atoms with Crippen molar-refractivity contribution in [2.24, 2.45) is 34.5 Å². The highest BCUT2D eigenvalue weighted by Gasteiger charge is 2.72. The van der Waals surface area contributed by atoms with Gasteiger partial charge in [-0.1, -0.05) is 18.6 Å². The molecule has 3 saturated heterocycles. The van der Waals surface area contributed by atoms with E-state index < -0.39 is 0 Å². The Hall–Kier alpha value is -0.830. The third-order valence-corrected chi connectivity index (χ3v) is 9.52. The Morgan fingerprint density at radius 2 is 2.08 bits per heavy atom. The fourth-order valence-corrected chi connectivity index (χ4v) is 8.75. The van der Waals surface area contributed by atoms with Gasteiger partial charge >= 0.3 is 5.97 Å². The first-order chi connectivity index (χ1) is 12.2. The van der Waals surface area contributed by atoms with E-state index in [-0.39, 0.29) is 16.8 Å². The molecule has 6 rings (SSSR count). The van der Waals surface area contributed by atoms with Crippen LogP contribution in [0.2, 0.25) is 0 Å². The summed E-state index contributed by atoms with van der Waals surface area (Å²) in [4.78, 5) is 15.2. The highest BCUT2D eigenvalue weighted by atomic mass is 16.5. The number of hydrogen-bond donors (Lipinski definition) is 0. The molecule has 3 heterocycles. The molecule has 25 heavy (non-hydrogen) atoms. The van der Waals surface area contributed by atoms with Gasteiger partial charge in [0.15, 0.2) is 0 Å². The molecule has 0 amide bonds. The van der Waals surface area contributed by atoms with E-state index in [0.717, 1.165) is 30.1 Å². The van der Waals surface area contributed by atoms with Crippen LogP contribution in [0.1, 0.15) is 58.3 Å². The standard InChI is InChI=1S/C22H31NO2/c1-14-11-23-12-16-6-5-15-3-2-4-18(15)22-10-8-19(24)25-13-21(16,22)9-7-17(14)20(22)23/h4,14-17,20H,2-3,5-13H2,1H3/t14-,15+,16+,17+,20-,21+,22-/m0/s1. The molecule has 136 valence electrons. The van der Waals surface area contributed by atoms with Crippen molar-refractivity contribution in [2.75, 3.05) is 19.7 Å². The second-order valence-electron chi connectivity index (χ2n) is 10.1. The van der Waals surface area contributed by atoms with Crippen LogP contribution in [0.3, 0.4) is 0 Å². The molecular formula is C22H31NO2. The molecule has 0 spiro atoms. The van der Waals surface area contributed by atoms with Crippen molar-refractivity contribution in [3.63, 3.8) is 0 Å². The first-order valence-electron chi connectivity index (χ1n) is 10.8. The van der Waals surface area contributed by atoms with Gasteiger partial charge < -0.3 is 4.74 Å². The number of fused-ring (bicyclic) bond motifs is 1. The summed E-state index contributed by atoms with van der Waals surface area (Å²) >= 11 is 0. The quantitative estimate of drug-likeness (QED) is 0.496. The molecule has 4 bridgehead atoms. The van der Waals surface area contributed by atoms with Crippen molar-refractivity contribution in [1.82, 2.24) is 4.90 Å². The summed E-state index contributed by atoms with van der Waals surface area (Å²) in [7, 11) is 0. The van der Waals surface area contributed by atoms with E-state index in [0.29, 0.717) is 19.1 Å². The van der Waals surface area contributed by atoms with Crippen LogP contribution < -0.4 is 0 Å². The van der Waals surface area contributed by atoms with E-state index in [1.165, 1.54) is 51.6 Å². The normalized spacial score (nSPS) is 54.0. The zero-order valence-electron chi connectivity index (χ0n) is 15.5. The number of allylic oxidation sites excluding steroid dienone is 1. The number of cyclic esters (lactones) is 1. The molecule has 0 radical (unpaired) electrons. The van der Waals surface area contributed by atoms with Crippen molar-refractivity contribution in [2.45, 2.75) is 64.3 Å². The SMILES string of the molecule is C[C@H]1CN2C[C@H]3CC[C@H]4CCC=C4[C@]45CCC(=O)OC[C@]34CC[C@H]1[C@H]25. The van der Waals surface area contributed by atoms with E-state index in [4.69, 9.17) is 4.74 Å². The average Bonchev–Trinajstić information content (AvgIpc) is 3.14. The molecule has 5 fully saturated rings. The number of rotatable bonds is 0. The first-order valence-corrected chi connectivity index (χ1v) is 10.8. The van der Waals surface area contributed by atoms with Crippen LogP contribution in [0.15, 0.2) is 11.6 Å². The number of esters is 1. The second kappa shape index (κ2) is 4.91. The smallest absolute Gasteiger partial charge is 0.305 e. The van der Waals surface area contributed by atoms with Gasteiger partial charge in [0.05, 0.1) is 6.61 Å². The van der Waals surface area contributed by atoms with Gasteiger partial charge in [-0.15, -0.1) is 0 Å². The maximum atomic E-state index is 12.4. The van der Waals surface area contributed by atoms with Crippen molar-refractivity contribution in [1.29, 1.82) is 0 Å². The van der Waals surface area contributed by atoms with Gasteiger partial charge in [0.25, 0.3) is 0 Å². The minimum atomic E-state index is 0.0682. The van der Waals surface area contributed by atoms with Crippen molar-refractivity contribution >= 4 is 5.97 Å². The summed E-state index contributed by atoms with van der Waals surface area (Å²) in [6.07, 6.45) is 12.4. The number of nitrogens with zero attached hydrogens (tertiary/aromatic N) is 1. The molecule has 0 aromatic rings. The largest absolute Gasteiger partial charge is 0.465 e. The van der Waals surface area contributed by atoms with E-state index in [9.17, 15) is 4.79 Å². The van der Waals surface area contributed by atoms with Crippen LogP contribution in [0.25, 0.3) is 0 Å². The van der Waals surface area contributed by atoms with E-state index in [1.807, 2.05) is 0 Å². The maximum absolute atomic E-state index is 12.4. The Bertz CT molecular complexity index is 656. The van der Waals surface area contributed by atoms with Crippen LogP contribution in [0, 0.1) is 34.5 Å². The Labute approximate surface area is 151 Å². The number of carbonyl (C=O) groups excluding carboxylic acids is 1. The van der Waals surface area contributed by atoms with Crippen LogP contribution in [-0.2, 0) is 9.53 Å². The number of hydrogen-bond acceptors (Lipinski definition) is 3. The molecule has 0 unspecified atom stereocenters. The van der Waals surface area contributed by atoms with Gasteiger partial charge in [0.1, 0.15) is 0 Å². The van der Waals surface area contributed by atoms with Gasteiger partial charge in [-0.05, 0) is 68.6 Å². The number of ether oxygens (including phenoxy) is 1. The lowest BCUT2D eigenvalue weighted by molar-refractivity contribution is -0.174. The second-order valence-corrected chi connectivity index (χ2v) is 10.1. The molecule has 3 nitrogen and oxygen atoms in total. The monoisotopic (exact) mass is 341 g/mol. The average molecular weight is 341 g/mol. The predicted octanol–water partition coefficient (Wildman–Crippen LogP) is 3.79. The Kier molecular flexibility index (Phi) is 2.99. The van der Waals surface area contributed by atoms with Crippen molar-refractivity contribution < 1.29 is 9.53 Å². The summed E-state index contributed by atoms with van der Waals surface area (Å²) in [5.41, 5.74) is 2.28. The third-order valence-electron chi connectivity index (χ3n) is 9.52. The first kappa shape index (κ1) is 15.2. The Morgan fingerprint density at radius 3 is 3.00 bits per heavy atom. The zero-order chi connectivity index (χ0) is 16.8. The highest BCUT2D eigenvalue weighted by Crippen LogP contribution is 2.73. The van der Waals surface area contributed by atoms with Gasteiger partial charge in [0.2, 0.25) is 0 Å². The van der Waals surface area contributed by atoms with Crippen LogP contribution in [0.5, 0.6) is 0 Å².